The van der Waals surface area contributed by atoms with E-state index < -0.39 is 0 Å². The molecule has 1 aliphatic rings. The molecule has 2 nitrogen and oxygen atoms in total. The Hall–Kier alpha value is -0.660. The minimum atomic E-state index is 0.209. The summed E-state index contributed by atoms with van der Waals surface area (Å²) in [7, 11) is 0. The summed E-state index contributed by atoms with van der Waals surface area (Å²) in [6.45, 7) is 10.9. The molecule has 1 rings (SSSR count). The van der Waals surface area contributed by atoms with Crippen LogP contribution in [0, 0.1) is 15.7 Å². The molecule has 0 saturated heterocycles. The molecule has 0 heterocycles. The summed E-state index contributed by atoms with van der Waals surface area (Å²) in [5.74, 6) is 0. The normalized spacial score (nSPS) is 31.2. The topological polar surface area (TPSA) is 29.4 Å². The van der Waals surface area contributed by atoms with Crippen molar-refractivity contribution in [1.82, 2.24) is 0 Å². The zero-order valence-electron chi connectivity index (χ0n) is 8.18. The van der Waals surface area contributed by atoms with Crippen molar-refractivity contribution in [1.29, 1.82) is 0 Å². The Balaban J connectivity index is 2.66. The molecule has 1 unspecified atom stereocenters. The molecule has 12 heavy (non-hydrogen) atoms. The molecule has 0 amide bonds. The van der Waals surface area contributed by atoms with Gasteiger partial charge in [0.25, 0.3) is 0 Å². The van der Waals surface area contributed by atoms with Crippen LogP contribution in [0.2, 0.25) is 0 Å². The third-order valence-electron chi connectivity index (χ3n) is 3.36. The van der Waals surface area contributed by atoms with Gasteiger partial charge in [0.05, 0.1) is 6.54 Å². The van der Waals surface area contributed by atoms with Gasteiger partial charge in [0.2, 0.25) is 0 Å². The Bertz CT molecular complexity index is 220. The van der Waals surface area contributed by atoms with Gasteiger partial charge in [-0.1, -0.05) is 31.2 Å². The lowest BCUT2D eigenvalue weighted by Gasteiger charge is -2.18. The zero-order chi connectivity index (χ0) is 9.41. The number of nitroso groups, excluding NO2 is 1. The van der Waals surface area contributed by atoms with E-state index >= 15 is 0 Å². The SMILES string of the molecule is C=C(C)C1(CCN=O)CC1(C)C. The average molecular weight is 167 g/mol. The fourth-order valence-corrected chi connectivity index (χ4v) is 2.32. The molecular weight excluding hydrogens is 150 g/mol. The van der Waals surface area contributed by atoms with E-state index in [-0.39, 0.29) is 5.41 Å². The lowest BCUT2D eigenvalue weighted by atomic mass is 9.86. The maximum absolute atomic E-state index is 10.0. The quantitative estimate of drug-likeness (QED) is 0.467. The Kier molecular flexibility index (Phi) is 2.11. The number of nitrogens with zero attached hydrogens (tertiary/aromatic N) is 1. The highest BCUT2D eigenvalue weighted by molar-refractivity contribution is 5.25. The van der Waals surface area contributed by atoms with E-state index in [1.54, 1.807) is 0 Å². The third kappa shape index (κ3) is 1.19. The van der Waals surface area contributed by atoms with E-state index in [4.69, 9.17) is 0 Å². The van der Waals surface area contributed by atoms with Crippen LogP contribution >= 0.6 is 0 Å². The Morgan fingerprint density at radius 2 is 2.08 bits per heavy atom. The first-order valence-electron chi connectivity index (χ1n) is 4.41. The first kappa shape index (κ1) is 9.43. The molecule has 0 N–H and O–H groups in total. The van der Waals surface area contributed by atoms with E-state index in [1.165, 1.54) is 5.57 Å². The van der Waals surface area contributed by atoms with E-state index in [0.717, 1.165) is 12.8 Å². The van der Waals surface area contributed by atoms with Gasteiger partial charge >= 0.3 is 0 Å². The number of allylic oxidation sites excluding steroid dienone is 1. The van der Waals surface area contributed by atoms with E-state index in [9.17, 15) is 4.91 Å². The second-order valence-corrected chi connectivity index (χ2v) is 4.53. The predicted octanol–water partition coefficient (Wildman–Crippen LogP) is 3.14. The van der Waals surface area contributed by atoms with Crippen LogP contribution in [0.5, 0.6) is 0 Å². The summed E-state index contributed by atoms with van der Waals surface area (Å²) >= 11 is 0. The van der Waals surface area contributed by atoms with Crippen LogP contribution in [0.15, 0.2) is 17.3 Å². The fraction of sp³-hybridized carbons (Fsp3) is 0.800. The number of hydrogen-bond donors (Lipinski definition) is 0. The molecule has 0 aliphatic heterocycles. The van der Waals surface area contributed by atoms with Gasteiger partial charge in [-0.15, -0.1) is 0 Å². The van der Waals surface area contributed by atoms with Crippen molar-refractivity contribution in [2.24, 2.45) is 16.0 Å². The predicted molar refractivity (Wildman–Crippen MR) is 50.9 cm³/mol. The molecule has 2 heteroatoms. The fourth-order valence-electron chi connectivity index (χ4n) is 2.32. The lowest BCUT2D eigenvalue weighted by Crippen LogP contribution is -2.11. The highest BCUT2D eigenvalue weighted by atomic mass is 16.3. The highest BCUT2D eigenvalue weighted by Crippen LogP contribution is 2.68. The van der Waals surface area contributed by atoms with Crippen molar-refractivity contribution in [3.8, 4) is 0 Å². The van der Waals surface area contributed by atoms with Crippen molar-refractivity contribution in [3.63, 3.8) is 0 Å². The Labute approximate surface area is 74.0 Å². The zero-order valence-corrected chi connectivity index (χ0v) is 8.18. The molecule has 0 aromatic rings. The van der Waals surface area contributed by atoms with E-state index in [2.05, 4.69) is 32.5 Å². The van der Waals surface area contributed by atoms with Crippen molar-refractivity contribution in [2.45, 2.75) is 33.6 Å². The summed E-state index contributed by atoms with van der Waals surface area (Å²) in [4.78, 5) is 10.0. The molecule has 1 saturated carbocycles. The molecule has 1 aliphatic carbocycles. The summed E-state index contributed by atoms with van der Waals surface area (Å²) in [6.07, 6.45) is 2.03. The highest BCUT2D eigenvalue weighted by Gasteiger charge is 2.60. The van der Waals surface area contributed by atoms with E-state index in [1.807, 2.05) is 0 Å². The van der Waals surface area contributed by atoms with Crippen molar-refractivity contribution in [2.75, 3.05) is 6.54 Å². The van der Waals surface area contributed by atoms with Gasteiger partial charge in [-0.05, 0) is 30.6 Å². The first-order valence-corrected chi connectivity index (χ1v) is 4.41. The molecule has 0 bridgehead atoms. The minimum absolute atomic E-state index is 0.209. The average Bonchev–Trinajstić information content (AvgIpc) is 2.51. The smallest absolute Gasteiger partial charge is 0.0819 e. The van der Waals surface area contributed by atoms with Gasteiger partial charge in [0.1, 0.15) is 0 Å². The summed E-state index contributed by atoms with van der Waals surface area (Å²) < 4.78 is 0. The summed E-state index contributed by atoms with van der Waals surface area (Å²) in [6, 6.07) is 0. The van der Waals surface area contributed by atoms with Crippen molar-refractivity contribution in [3.05, 3.63) is 17.1 Å². The molecule has 0 spiro atoms. The first-order chi connectivity index (χ1) is 5.46. The molecule has 1 atom stereocenters. The molecule has 0 radical (unpaired) electrons. The number of hydrogen-bond acceptors (Lipinski definition) is 2. The Morgan fingerprint density at radius 3 is 2.33 bits per heavy atom. The van der Waals surface area contributed by atoms with Gasteiger partial charge < -0.3 is 0 Å². The van der Waals surface area contributed by atoms with E-state index in [0.29, 0.717) is 12.0 Å². The molecule has 0 aromatic carbocycles. The van der Waals surface area contributed by atoms with Gasteiger partial charge in [0.15, 0.2) is 0 Å². The Morgan fingerprint density at radius 1 is 1.58 bits per heavy atom. The lowest BCUT2D eigenvalue weighted by molar-refractivity contribution is 0.420. The molecule has 68 valence electrons. The van der Waals surface area contributed by atoms with Crippen molar-refractivity contribution < 1.29 is 0 Å². The summed E-state index contributed by atoms with van der Waals surface area (Å²) in [5, 5.41) is 2.92. The standard InChI is InChI=1S/C10H17NO/c1-8(2)10(5-6-11-12)7-9(10,3)4/h1,5-7H2,2-4H3. The van der Waals surface area contributed by atoms with Crippen molar-refractivity contribution >= 4 is 0 Å². The largest absolute Gasteiger partial charge is 0.151 e. The van der Waals surface area contributed by atoms with Crippen LogP contribution in [0.25, 0.3) is 0 Å². The van der Waals surface area contributed by atoms with Crippen LogP contribution in [-0.4, -0.2) is 6.54 Å². The van der Waals surface area contributed by atoms with Crippen LogP contribution in [0.4, 0.5) is 0 Å². The summed E-state index contributed by atoms with van der Waals surface area (Å²) in [5.41, 5.74) is 1.75. The monoisotopic (exact) mass is 167 g/mol. The minimum Gasteiger partial charge on any atom is -0.151 e. The van der Waals surface area contributed by atoms with Crippen LogP contribution in [0.3, 0.4) is 0 Å². The molecule has 0 aromatic heterocycles. The van der Waals surface area contributed by atoms with Gasteiger partial charge in [-0.3, -0.25) is 0 Å². The maximum atomic E-state index is 10.0. The maximum Gasteiger partial charge on any atom is 0.0819 e. The second-order valence-electron chi connectivity index (χ2n) is 4.53. The molecule has 1 fully saturated rings. The van der Waals surface area contributed by atoms with Gasteiger partial charge in [0, 0.05) is 0 Å². The van der Waals surface area contributed by atoms with Crippen LogP contribution in [-0.2, 0) is 0 Å². The third-order valence-corrected chi connectivity index (χ3v) is 3.36. The van der Waals surface area contributed by atoms with Gasteiger partial charge in [-0.25, -0.2) is 0 Å². The second kappa shape index (κ2) is 2.68. The number of rotatable bonds is 4. The van der Waals surface area contributed by atoms with Gasteiger partial charge in [-0.2, -0.15) is 4.91 Å². The van der Waals surface area contributed by atoms with Crippen LogP contribution < -0.4 is 0 Å². The van der Waals surface area contributed by atoms with Crippen LogP contribution in [0.1, 0.15) is 33.6 Å². The molecular formula is C10H17NO.